The normalized spacial score (nSPS) is 18.1. The maximum absolute atomic E-state index is 14.5. The van der Waals surface area contributed by atoms with Crippen LogP contribution in [-0.2, 0) is 4.74 Å². The van der Waals surface area contributed by atoms with Crippen molar-refractivity contribution in [3.05, 3.63) is 93.8 Å². The van der Waals surface area contributed by atoms with Crippen molar-refractivity contribution in [3.63, 3.8) is 0 Å². The Bertz CT molecular complexity index is 1600. The first-order valence-electron chi connectivity index (χ1n) is 12.6. The highest BCUT2D eigenvalue weighted by Crippen LogP contribution is 2.37. The van der Waals surface area contributed by atoms with Crippen LogP contribution in [0.3, 0.4) is 0 Å². The summed E-state index contributed by atoms with van der Waals surface area (Å²) >= 11 is 0. The molecule has 0 radical (unpaired) electrons. The number of fused-ring (bicyclic) bond motifs is 2. The number of nitrogens with zero attached hydrogens (tertiary/aromatic N) is 4. The fraction of sp³-hybridized carbons (Fsp3) is 0.286. The Morgan fingerprint density at radius 3 is 2.63 bits per heavy atom. The molecule has 1 N–H and O–H groups in total. The monoisotopic (exact) mass is 517 g/mol. The lowest BCUT2D eigenvalue weighted by molar-refractivity contribution is 0.0485. The molecule has 0 unspecified atom stereocenters. The largest absolute Gasteiger partial charge is 0.440 e. The number of hydrogen-bond acceptors (Lipinski definition) is 5. The molecule has 4 aromatic rings. The fourth-order valence-electron chi connectivity index (χ4n) is 5.41. The molecule has 38 heavy (non-hydrogen) atoms. The number of hydrogen-bond donors (Lipinski definition) is 1. The molecule has 0 bridgehead atoms. The first-order valence-corrected chi connectivity index (χ1v) is 12.6. The third-order valence-corrected chi connectivity index (χ3v) is 7.30. The summed E-state index contributed by atoms with van der Waals surface area (Å²) in [5.74, 6) is -1.80. The summed E-state index contributed by atoms with van der Waals surface area (Å²) in [6.07, 6.45) is 5.91. The minimum atomic E-state index is -0.906. The van der Waals surface area contributed by atoms with Gasteiger partial charge in [-0.3, -0.25) is 14.5 Å². The summed E-state index contributed by atoms with van der Waals surface area (Å²) < 4.78 is 36.1. The lowest BCUT2D eigenvalue weighted by Gasteiger charge is -2.33. The molecule has 1 aromatic carbocycles. The average molecular weight is 518 g/mol. The van der Waals surface area contributed by atoms with Gasteiger partial charge >= 0.3 is 11.8 Å². The number of H-pyrrole nitrogens is 1. The van der Waals surface area contributed by atoms with Crippen LogP contribution in [0.15, 0.2) is 59.7 Å². The van der Waals surface area contributed by atoms with Gasteiger partial charge < -0.3 is 9.64 Å². The van der Waals surface area contributed by atoms with Crippen molar-refractivity contribution >= 4 is 28.9 Å². The molecule has 1 fully saturated rings. The average Bonchev–Trinajstić information content (AvgIpc) is 3.16. The third kappa shape index (κ3) is 4.36. The zero-order chi connectivity index (χ0) is 26.2. The van der Waals surface area contributed by atoms with Crippen LogP contribution in [0.5, 0.6) is 0 Å². The molecule has 0 spiro atoms. The van der Waals surface area contributed by atoms with Crippen LogP contribution in [0.2, 0.25) is 0 Å². The molecule has 2 aliphatic rings. The van der Waals surface area contributed by atoms with E-state index in [-0.39, 0.29) is 17.3 Å². The number of benzene rings is 1. The van der Waals surface area contributed by atoms with Gasteiger partial charge in [0.05, 0.1) is 11.2 Å². The van der Waals surface area contributed by atoms with Gasteiger partial charge in [0, 0.05) is 42.7 Å². The number of amides is 1. The van der Waals surface area contributed by atoms with Crippen LogP contribution in [0.25, 0.3) is 22.8 Å². The zero-order valence-electron chi connectivity index (χ0n) is 20.4. The first kappa shape index (κ1) is 24.0. The van der Waals surface area contributed by atoms with E-state index in [1.54, 1.807) is 46.1 Å². The Hall–Kier alpha value is -4.34. The fourth-order valence-corrected chi connectivity index (χ4v) is 5.41. The Kier molecular flexibility index (Phi) is 6.22. The van der Waals surface area contributed by atoms with E-state index in [4.69, 9.17) is 4.74 Å². The molecule has 194 valence electrons. The van der Waals surface area contributed by atoms with Crippen LogP contribution in [0, 0.1) is 11.6 Å². The van der Waals surface area contributed by atoms with Gasteiger partial charge in [-0.2, -0.15) is 0 Å². The van der Waals surface area contributed by atoms with E-state index in [1.165, 1.54) is 6.07 Å². The molecule has 10 heteroatoms. The Labute approximate surface area is 216 Å². The number of halogens is 2. The Morgan fingerprint density at radius 2 is 1.79 bits per heavy atom. The van der Waals surface area contributed by atoms with Gasteiger partial charge in [-0.15, -0.1) is 0 Å². The number of likely N-dealkylation sites (tertiary alicyclic amines) is 1. The summed E-state index contributed by atoms with van der Waals surface area (Å²) in [4.78, 5) is 38.8. The summed E-state index contributed by atoms with van der Waals surface area (Å²) in [6, 6.07) is 11.3. The van der Waals surface area contributed by atoms with E-state index < -0.39 is 23.8 Å². The van der Waals surface area contributed by atoms with E-state index in [1.807, 2.05) is 12.1 Å². The van der Waals surface area contributed by atoms with Gasteiger partial charge in [0.15, 0.2) is 17.3 Å². The highest BCUT2D eigenvalue weighted by Gasteiger charge is 2.31. The van der Waals surface area contributed by atoms with Gasteiger partial charge in [0.2, 0.25) is 0 Å². The highest BCUT2D eigenvalue weighted by atomic mass is 19.2. The summed E-state index contributed by atoms with van der Waals surface area (Å²) in [5, 5.41) is 0. The van der Waals surface area contributed by atoms with Crippen molar-refractivity contribution in [1.29, 1.82) is 0 Å². The van der Waals surface area contributed by atoms with E-state index in [2.05, 4.69) is 15.0 Å². The zero-order valence-corrected chi connectivity index (χ0v) is 20.4. The molecule has 1 saturated heterocycles. The van der Waals surface area contributed by atoms with Gasteiger partial charge in [0.25, 0.3) is 0 Å². The smallest absolute Gasteiger partial charge is 0.410 e. The molecule has 1 atom stereocenters. The van der Waals surface area contributed by atoms with Crippen LogP contribution in [0.1, 0.15) is 54.6 Å². The number of pyridine rings is 2. The number of carbonyl (C=O) groups excluding carboxylic acids is 1. The van der Waals surface area contributed by atoms with E-state index in [0.717, 1.165) is 11.6 Å². The maximum atomic E-state index is 14.5. The summed E-state index contributed by atoms with van der Waals surface area (Å²) in [5.41, 5.74) is 3.18. The van der Waals surface area contributed by atoms with Crippen LogP contribution >= 0.6 is 0 Å². The molecular formula is C28H25F2N5O3. The number of imidazole rings is 1. The van der Waals surface area contributed by atoms with E-state index >= 15 is 0 Å². The molecule has 4 heterocycles. The molecule has 1 amide bonds. The number of aromatic amines is 1. The Morgan fingerprint density at radius 1 is 1.00 bits per heavy atom. The molecule has 0 saturated carbocycles. The van der Waals surface area contributed by atoms with Gasteiger partial charge in [-0.05, 0) is 61.6 Å². The van der Waals surface area contributed by atoms with Crippen molar-refractivity contribution in [2.75, 3.05) is 13.1 Å². The van der Waals surface area contributed by atoms with Gasteiger partial charge in [0.1, 0.15) is 6.10 Å². The second kappa shape index (κ2) is 9.85. The lowest BCUT2D eigenvalue weighted by Crippen LogP contribution is -2.41. The Balaban J connectivity index is 1.16. The number of rotatable bonds is 3. The van der Waals surface area contributed by atoms with Crippen LogP contribution in [-0.4, -0.2) is 43.6 Å². The minimum Gasteiger partial charge on any atom is -0.440 e. The lowest BCUT2D eigenvalue weighted by atomic mass is 9.99. The van der Waals surface area contributed by atoms with Crippen LogP contribution in [0.4, 0.5) is 13.6 Å². The second-order valence-electron chi connectivity index (χ2n) is 9.55. The molecule has 8 nitrogen and oxygen atoms in total. The van der Waals surface area contributed by atoms with Crippen molar-refractivity contribution in [2.24, 2.45) is 0 Å². The van der Waals surface area contributed by atoms with Crippen molar-refractivity contribution in [2.45, 2.75) is 37.8 Å². The molecule has 1 aliphatic carbocycles. The third-order valence-electron chi connectivity index (χ3n) is 7.30. The number of nitrogens with one attached hydrogen (secondary N) is 1. The molecular weight excluding hydrogens is 492 g/mol. The quantitative estimate of drug-likeness (QED) is 0.401. The van der Waals surface area contributed by atoms with Crippen molar-refractivity contribution in [3.8, 4) is 0 Å². The van der Waals surface area contributed by atoms with E-state index in [0.29, 0.717) is 61.3 Å². The SMILES string of the molecule is O=C(O[C@@H]1CCC(c2cccc(F)c2F)=Cc2cccnc21)N1CCC(n2c(=O)[nH]c3ncccc32)CC1. The number of allylic oxidation sites excluding steroid dienone is 1. The standard InChI is InChI=1S/C28H25F2N5O3/c29-21-6-1-5-20(24(21)30)17-8-9-23(25-18(16-17)4-2-12-31-25)38-28(37)34-14-10-19(11-15-34)35-22-7-3-13-32-26(22)33-27(35)36/h1-7,12-13,16,19,23H,8-11,14-15H2,(H,32,33,36)/t23-/m1/s1. The minimum absolute atomic E-state index is 0.0577. The number of ether oxygens (including phenoxy) is 1. The van der Waals surface area contributed by atoms with Crippen LogP contribution < -0.4 is 5.69 Å². The predicted octanol–water partition coefficient (Wildman–Crippen LogP) is 5.25. The van der Waals surface area contributed by atoms with Gasteiger partial charge in [-0.1, -0.05) is 18.2 Å². The summed E-state index contributed by atoms with van der Waals surface area (Å²) in [6.45, 7) is 0.866. The van der Waals surface area contributed by atoms with Crippen molar-refractivity contribution < 1.29 is 18.3 Å². The number of piperidine rings is 1. The predicted molar refractivity (Wildman–Crippen MR) is 137 cm³/mol. The number of aromatic nitrogens is 4. The highest BCUT2D eigenvalue weighted by molar-refractivity contribution is 5.83. The molecule has 3 aromatic heterocycles. The first-order chi connectivity index (χ1) is 18.5. The topological polar surface area (TPSA) is 93.1 Å². The van der Waals surface area contributed by atoms with Crippen molar-refractivity contribution in [1.82, 2.24) is 24.4 Å². The maximum Gasteiger partial charge on any atom is 0.410 e. The molecule has 6 rings (SSSR count). The van der Waals surface area contributed by atoms with E-state index in [9.17, 15) is 18.4 Å². The molecule has 1 aliphatic heterocycles. The second-order valence-corrected chi connectivity index (χ2v) is 9.55. The number of carbonyl (C=O) groups is 1. The van der Waals surface area contributed by atoms with Gasteiger partial charge in [-0.25, -0.2) is 23.4 Å². The summed E-state index contributed by atoms with van der Waals surface area (Å²) in [7, 11) is 0.